The molecule has 3 heterocycles. The molecule has 0 aliphatic carbocycles. The van der Waals surface area contributed by atoms with Crippen molar-refractivity contribution in [3.05, 3.63) is 23.3 Å². The lowest BCUT2D eigenvalue weighted by molar-refractivity contribution is 0.144. The molecular formula is C16H22N2O2. The van der Waals surface area contributed by atoms with Crippen LogP contribution in [0, 0.1) is 0 Å². The topological polar surface area (TPSA) is 33.7 Å². The van der Waals surface area contributed by atoms with Crippen molar-refractivity contribution >= 4 is 0 Å². The number of hydrogen-bond donors (Lipinski definition) is 1. The third kappa shape index (κ3) is 2.27. The first-order valence-corrected chi connectivity index (χ1v) is 7.76. The van der Waals surface area contributed by atoms with Crippen LogP contribution < -0.4 is 14.8 Å². The monoisotopic (exact) mass is 274 g/mol. The number of rotatable bonds is 1. The molecule has 0 unspecified atom stereocenters. The van der Waals surface area contributed by atoms with Crippen LogP contribution in [-0.2, 0) is 13.0 Å². The summed E-state index contributed by atoms with van der Waals surface area (Å²) in [5.74, 6) is 1.87. The molecule has 4 rings (SSSR count). The van der Waals surface area contributed by atoms with Crippen LogP contribution in [0.1, 0.15) is 24.0 Å². The molecule has 3 aliphatic rings. The first-order chi connectivity index (χ1) is 9.90. The minimum atomic E-state index is 0.670. The maximum Gasteiger partial charge on any atom is 0.161 e. The Morgan fingerprint density at radius 3 is 2.45 bits per heavy atom. The van der Waals surface area contributed by atoms with Gasteiger partial charge in [0.2, 0.25) is 0 Å². The number of nitrogens with one attached hydrogen (secondary N) is 1. The Bertz CT molecular complexity index is 497. The van der Waals surface area contributed by atoms with Crippen molar-refractivity contribution in [2.75, 3.05) is 32.8 Å². The van der Waals surface area contributed by atoms with Crippen molar-refractivity contribution in [3.8, 4) is 11.5 Å². The first-order valence-electron chi connectivity index (χ1n) is 7.76. The SMILES string of the molecule is c1c2c(cc3c1OCCO3)CN(C1CCNCC1)CC2. The fourth-order valence-electron chi connectivity index (χ4n) is 3.60. The molecule has 0 atom stereocenters. The molecule has 1 aromatic rings. The molecule has 0 radical (unpaired) electrons. The molecule has 4 heteroatoms. The Labute approximate surface area is 120 Å². The van der Waals surface area contributed by atoms with E-state index in [1.54, 1.807) is 0 Å². The summed E-state index contributed by atoms with van der Waals surface area (Å²) in [7, 11) is 0. The molecule has 20 heavy (non-hydrogen) atoms. The van der Waals surface area contributed by atoms with Gasteiger partial charge in [-0.05, 0) is 55.6 Å². The molecule has 3 aliphatic heterocycles. The quantitative estimate of drug-likeness (QED) is 0.843. The molecule has 1 fully saturated rings. The second-order valence-electron chi connectivity index (χ2n) is 5.97. The summed E-state index contributed by atoms with van der Waals surface area (Å²) < 4.78 is 11.4. The van der Waals surface area contributed by atoms with E-state index < -0.39 is 0 Å². The number of nitrogens with zero attached hydrogens (tertiary/aromatic N) is 1. The highest BCUT2D eigenvalue weighted by molar-refractivity contribution is 5.49. The van der Waals surface area contributed by atoms with Gasteiger partial charge in [0.25, 0.3) is 0 Å². The van der Waals surface area contributed by atoms with E-state index in [9.17, 15) is 0 Å². The van der Waals surface area contributed by atoms with Crippen LogP contribution in [0.3, 0.4) is 0 Å². The van der Waals surface area contributed by atoms with Gasteiger partial charge in [0.15, 0.2) is 11.5 Å². The third-order valence-electron chi connectivity index (χ3n) is 4.73. The molecule has 4 nitrogen and oxygen atoms in total. The molecule has 1 aromatic carbocycles. The average Bonchev–Trinajstić information content (AvgIpc) is 2.53. The summed E-state index contributed by atoms with van der Waals surface area (Å²) in [6.45, 7) is 5.91. The number of piperidine rings is 1. The van der Waals surface area contributed by atoms with Gasteiger partial charge in [-0.25, -0.2) is 0 Å². The largest absolute Gasteiger partial charge is 0.486 e. The van der Waals surface area contributed by atoms with Gasteiger partial charge >= 0.3 is 0 Å². The Morgan fingerprint density at radius 1 is 1.00 bits per heavy atom. The molecule has 0 saturated carbocycles. The Morgan fingerprint density at radius 2 is 1.70 bits per heavy atom. The lowest BCUT2D eigenvalue weighted by Gasteiger charge is -2.38. The van der Waals surface area contributed by atoms with Crippen LogP contribution in [0.15, 0.2) is 12.1 Å². The molecule has 0 aromatic heterocycles. The van der Waals surface area contributed by atoms with Gasteiger partial charge in [0.1, 0.15) is 13.2 Å². The third-order valence-corrected chi connectivity index (χ3v) is 4.73. The zero-order valence-electron chi connectivity index (χ0n) is 11.9. The zero-order chi connectivity index (χ0) is 13.4. The van der Waals surface area contributed by atoms with Crippen molar-refractivity contribution < 1.29 is 9.47 Å². The van der Waals surface area contributed by atoms with E-state index in [-0.39, 0.29) is 0 Å². The van der Waals surface area contributed by atoms with Gasteiger partial charge in [0.05, 0.1) is 0 Å². The standard InChI is InChI=1S/C16H22N2O2/c1-4-17-5-2-14(1)18-6-3-12-9-15-16(10-13(12)11-18)20-8-7-19-15/h9-10,14,17H,1-8,11H2. The van der Waals surface area contributed by atoms with Gasteiger partial charge in [-0.3, -0.25) is 4.90 Å². The van der Waals surface area contributed by atoms with Crippen LogP contribution in [0.4, 0.5) is 0 Å². The molecule has 0 bridgehead atoms. The van der Waals surface area contributed by atoms with Crippen LogP contribution >= 0.6 is 0 Å². The maximum atomic E-state index is 5.72. The molecule has 0 amide bonds. The minimum Gasteiger partial charge on any atom is -0.486 e. The highest BCUT2D eigenvalue weighted by Crippen LogP contribution is 2.36. The second-order valence-corrected chi connectivity index (χ2v) is 5.97. The number of benzene rings is 1. The fraction of sp³-hybridized carbons (Fsp3) is 0.625. The van der Waals surface area contributed by atoms with Gasteiger partial charge in [-0.15, -0.1) is 0 Å². The van der Waals surface area contributed by atoms with E-state index in [0.717, 1.165) is 43.6 Å². The maximum absolute atomic E-state index is 5.72. The number of ether oxygens (including phenoxy) is 2. The van der Waals surface area contributed by atoms with E-state index in [1.807, 2.05) is 0 Å². The molecular weight excluding hydrogens is 252 g/mol. The second kappa shape index (κ2) is 5.26. The summed E-state index contributed by atoms with van der Waals surface area (Å²) in [5, 5.41) is 3.45. The average molecular weight is 274 g/mol. The van der Waals surface area contributed by atoms with E-state index >= 15 is 0 Å². The predicted octanol–water partition coefficient (Wildman–Crippen LogP) is 1.57. The van der Waals surface area contributed by atoms with Crippen molar-refractivity contribution in [2.24, 2.45) is 0 Å². The van der Waals surface area contributed by atoms with Gasteiger partial charge < -0.3 is 14.8 Å². The minimum absolute atomic E-state index is 0.670. The van der Waals surface area contributed by atoms with E-state index in [1.165, 1.54) is 30.5 Å². The fourth-order valence-corrected chi connectivity index (χ4v) is 3.60. The molecule has 1 N–H and O–H groups in total. The van der Waals surface area contributed by atoms with Crippen molar-refractivity contribution in [1.82, 2.24) is 10.2 Å². The van der Waals surface area contributed by atoms with Gasteiger partial charge in [-0.2, -0.15) is 0 Å². The lowest BCUT2D eigenvalue weighted by atomic mass is 9.95. The van der Waals surface area contributed by atoms with Crippen molar-refractivity contribution in [3.63, 3.8) is 0 Å². The van der Waals surface area contributed by atoms with Crippen LogP contribution in [-0.4, -0.2) is 43.8 Å². The van der Waals surface area contributed by atoms with E-state index in [2.05, 4.69) is 22.3 Å². The Balaban J connectivity index is 1.55. The zero-order valence-corrected chi connectivity index (χ0v) is 11.9. The van der Waals surface area contributed by atoms with Gasteiger partial charge in [-0.1, -0.05) is 0 Å². The summed E-state index contributed by atoms with van der Waals surface area (Å²) in [5.41, 5.74) is 2.87. The van der Waals surface area contributed by atoms with Crippen LogP contribution in [0.5, 0.6) is 11.5 Å². The molecule has 0 spiro atoms. The normalized spacial score (nSPS) is 23.4. The highest BCUT2D eigenvalue weighted by Gasteiger charge is 2.26. The number of fused-ring (bicyclic) bond motifs is 2. The van der Waals surface area contributed by atoms with Gasteiger partial charge in [0, 0.05) is 19.1 Å². The van der Waals surface area contributed by atoms with Crippen LogP contribution in [0.25, 0.3) is 0 Å². The number of hydrogen-bond acceptors (Lipinski definition) is 4. The van der Waals surface area contributed by atoms with E-state index in [4.69, 9.17) is 9.47 Å². The molecule has 108 valence electrons. The van der Waals surface area contributed by atoms with Crippen molar-refractivity contribution in [2.45, 2.75) is 31.8 Å². The molecule has 1 saturated heterocycles. The predicted molar refractivity (Wildman–Crippen MR) is 77.4 cm³/mol. The highest BCUT2D eigenvalue weighted by atomic mass is 16.6. The first kappa shape index (κ1) is 12.5. The Hall–Kier alpha value is -1.26. The smallest absolute Gasteiger partial charge is 0.161 e. The van der Waals surface area contributed by atoms with E-state index in [0.29, 0.717) is 13.2 Å². The summed E-state index contributed by atoms with van der Waals surface area (Å²) in [4.78, 5) is 2.65. The lowest BCUT2D eigenvalue weighted by Crippen LogP contribution is -2.45. The van der Waals surface area contributed by atoms with Crippen molar-refractivity contribution in [1.29, 1.82) is 0 Å². The summed E-state index contributed by atoms with van der Waals surface area (Å²) in [6, 6.07) is 5.15. The van der Waals surface area contributed by atoms with Crippen LogP contribution in [0.2, 0.25) is 0 Å². The summed E-state index contributed by atoms with van der Waals surface area (Å²) >= 11 is 0. The Kier molecular flexibility index (Phi) is 3.28. The summed E-state index contributed by atoms with van der Waals surface area (Å²) in [6.07, 6.45) is 3.69.